The quantitative estimate of drug-likeness (QED) is 0.350. The summed E-state index contributed by atoms with van der Waals surface area (Å²) in [5, 5.41) is 2.52. The van der Waals surface area contributed by atoms with Crippen LogP contribution in [0, 0.1) is 0 Å². The van der Waals surface area contributed by atoms with Crippen LogP contribution in [-0.4, -0.2) is 21.8 Å². The van der Waals surface area contributed by atoms with E-state index < -0.39 is 11.8 Å². The predicted octanol–water partition coefficient (Wildman–Crippen LogP) is -0.0854. The molecule has 0 radical (unpaired) electrons. The average Bonchev–Trinajstić information content (AvgIpc) is 2.47. The zero-order chi connectivity index (χ0) is 14.5. The summed E-state index contributed by atoms with van der Waals surface area (Å²) in [6.07, 6.45) is 2.86. The van der Waals surface area contributed by atoms with Gasteiger partial charge in [0.2, 0.25) is 0 Å². The smallest absolute Gasteiger partial charge is 0.285 e. The molecule has 0 aliphatic carbocycles. The number of pyridine rings is 2. The summed E-state index contributed by atoms with van der Waals surface area (Å²) in [7, 11) is 0. The van der Waals surface area contributed by atoms with Gasteiger partial charge in [-0.05, 0) is 24.3 Å². The number of rotatable bonds is 3. The minimum absolute atomic E-state index is 0.00199. The molecule has 0 saturated heterocycles. The van der Waals surface area contributed by atoms with Crippen molar-refractivity contribution >= 4 is 23.2 Å². The van der Waals surface area contributed by atoms with Gasteiger partial charge in [-0.1, -0.05) is 0 Å². The van der Waals surface area contributed by atoms with Crippen LogP contribution in [-0.2, 0) is 0 Å². The molecule has 0 spiro atoms. The highest BCUT2D eigenvalue weighted by Gasteiger charge is 2.16. The van der Waals surface area contributed by atoms with Crippen molar-refractivity contribution in [3.8, 4) is 0 Å². The fourth-order valence-electron chi connectivity index (χ4n) is 1.54. The largest absolute Gasteiger partial charge is 0.397 e. The number of nitrogens with one attached hydrogen (secondary N) is 2. The van der Waals surface area contributed by atoms with Gasteiger partial charge in [-0.25, -0.2) is 15.8 Å². The molecule has 0 bridgehead atoms. The first-order valence-corrected chi connectivity index (χ1v) is 5.61. The maximum atomic E-state index is 12.1. The van der Waals surface area contributed by atoms with E-state index in [0.29, 0.717) is 0 Å². The first-order chi connectivity index (χ1) is 9.63. The molecule has 0 aliphatic heterocycles. The fraction of sp³-hybridized carbons (Fsp3) is 0. The molecule has 2 aromatic rings. The van der Waals surface area contributed by atoms with E-state index in [9.17, 15) is 9.59 Å². The molecule has 8 nitrogen and oxygen atoms in total. The van der Waals surface area contributed by atoms with Crippen LogP contribution in [0.25, 0.3) is 0 Å². The number of hydrazine groups is 1. The van der Waals surface area contributed by atoms with Gasteiger partial charge in [-0.2, -0.15) is 0 Å². The third-order valence-corrected chi connectivity index (χ3v) is 2.46. The van der Waals surface area contributed by atoms with E-state index in [1.54, 1.807) is 18.2 Å². The van der Waals surface area contributed by atoms with E-state index in [1.807, 2.05) is 5.43 Å². The van der Waals surface area contributed by atoms with Crippen molar-refractivity contribution in [2.75, 3.05) is 11.1 Å². The Morgan fingerprint density at radius 2 is 1.65 bits per heavy atom. The number of amides is 2. The van der Waals surface area contributed by atoms with E-state index in [2.05, 4.69) is 15.3 Å². The number of nitrogens with two attached hydrogens (primary N) is 2. The zero-order valence-electron chi connectivity index (χ0n) is 10.3. The van der Waals surface area contributed by atoms with Gasteiger partial charge in [-0.3, -0.25) is 15.0 Å². The SMILES string of the molecule is NNC(=O)c1ncccc1NC(=O)c1ncccc1N. The molecule has 6 N–H and O–H groups in total. The third-order valence-electron chi connectivity index (χ3n) is 2.46. The molecule has 8 heteroatoms. The Morgan fingerprint density at radius 1 is 1.00 bits per heavy atom. The second-order valence-electron chi connectivity index (χ2n) is 3.77. The summed E-state index contributed by atoms with van der Waals surface area (Å²) in [5.41, 5.74) is 8.13. The van der Waals surface area contributed by atoms with E-state index in [4.69, 9.17) is 11.6 Å². The normalized spacial score (nSPS) is 9.85. The maximum absolute atomic E-state index is 12.1. The lowest BCUT2D eigenvalue weighted by Gasteiger charge is -2.09. The summed E-state index contributed by atoms with van der Waals surface area (Å²) in [6, 6.07) is 6.27. The highest BCUT2D eigenvalue weighted by atomic mass is 16.2. The summed E-state index contributed by atoms with van der Waals surface area (Å²) >= 11 is 0. The van der Waals surface area contributed by atoms with Gasteiger partial charge in [0.1, 0.15) is 0 Å². The van der Waals surface area contributed by atoms with Crippen LogP contribution in [0.15, 0.2) is 36.7 Å². The predicted molar refractivity (Wildman–Crippen MR) is 72.5 cm³/mol. The minimum atomic E-state index is -0.616. The summed E-state index contributed by atoms with van der Waals surface area (Å²) in [4.78, 5) is 31.3. The molecule has 0 atom stereocenters. The number of anilines is 2. The van der Waals surface area contributed by atoms with Crippen LogP contribution in [0.1, 0.15) is 21.0 Å². The van der Waals surface area contributed by atoms with Crippen molar-refractivity contribution in [1.82, 2.24) is 15.4 Å². The number of carbonyl (C=O) groups is 2. The maximum Gasteiger partial charge on any atom is 0.285 e. The average molecular weight is 272 g/mol. The van der Waals surface area contributed by atoms with Crippen LogP contribution in [0.3, 0.4) is 0 Å². The van der Waals surface area contributed by atoms with Crippen molar-refractivity contribution in [3.63, 3.8) is 0 Å². The molecule has 2 amide bonds. The number of aromatic nitrogens is 2. The van der Waals surface area contributed by atoms with Crippen molar-refractivity contribution in [3.05, 3.63) is 48.0 Å². The highest BCUT2D eigenvalue weighted by Crippen LogP contribution is 2.15. The van der Waals surface area contributed by atoms with Crippen LogP contribution < -0.4 is 22.3 Å². The first-order valence-electron chi connectivity index (χ1n) is 5.61. The standard InChI is InChI=1S/C12H12N6O2/c13-7-3-1-5-15-9(7)11(19)17-8-4-2-6-16-10(8)12(20)18-14/h1-6H,13-14H2,(H,17,19)(H,18,20). The van der Waals surface area contributed by atoms with E-state index in [0.717, 1.165) is 0 Å². The second-order valence-corrected chi connectivity index (χ2v) is 3.77. The molecule has 0 unspecified atom stereocenters. The van der Waals surface area contributed by atoms with Gasteiger partial charge < -0.3 is 11.1 Å². The Hall–Kier alpha value is -3.00. The van der Waals surface area contributed by atoms with Crippen LogP contribution in [0.5, 0.6) is 0 Å². The van der Waals surface area contributed by atoms with Crippen molar-refractivity contribution < 1.29 is 9.59 Å². The van der Waals surface area contributed by atoms with Crippen molar-refractivity contribution in [1.29, 1.82) is 0 Å². The van der Waals surface area contributed by atoms with E-state index in [-0.39, 0.29) is 22.8 Å². The molecule has 0 aromatic carbocycles. The Morgan fingerprint density at radius 3 is 2.30 bits per heavy atom. The molecule has 102 valence electrons. The van der Waals surface area contributed by atoms with Gasteiger partial charge in [0.15, 0.2) is 11.4 Å². The van der Waals surface area contributed by atoms with Gasteiger partial charge in [-0.15, -0.1) is 0 Å². The third kappa shape index (κ3) is 2.70. The number of nitrogens with zero attached hydrogens (tertiary/aromatic N) is 2. The Kier molecular flexibility index (Phi) is 3.87. The zero-order valence-corrected chi connectivity index (χ0v) is 10.3. The van der Waals surface area contributed by atoms with Crippen LogP contribution in [0.2, 0.25) is 0 Å². The molecular weight excluding hydrogens is 260 g/mol. The molecule has 2 rings (SSSR count). The van der Waals surface area contributed by atoms with Gasteiger partial charge in [0.25, 0.3) is 11.8 Å². The summed E-state index contributed by atoms with van der Waals surface area (Å²) in [5.74, 6) is 3.90. The first kappa shape index (κ1) is 13.4. The van der Waals surface area contributed by atoms with Crippen LogP contribution >= 0.6 is 0 Å². The Balaban J connectivity index is 2.29. The molecule has 20 heavy (non-hydrogen) atoms. The number of hydrogen-bond donors (Lipinski definition) is 4. The molecule has 2 aromatic heterocycles. The molecular formula is C12H12N6O2. The van der Waals surface area contributed by atoms with Crippen LogP contribution in [0.4, 0.5) is 11.4 Å². The molecule has 2 heterocycles. The van der Waals surface area contributed by atoms with Crippen molar-refractivity contribution in [2.45, 2.75) is 0 Å². The van der Waals surface area contributed by atoms with Crippen molar-refractivity contribution in [2.24, 2.45) is 5.84 Å². The lowest BCUT2D eigenvalue weighted by Crippen LogP contribution is -2.32. The summed E-state index contributed by atoms with van der Waals surface area (Å²) in [6.45, 7) is 0. The topological polar surface area (TPSA) is 136 Å². The van der Waals surface area contributed by atoms with Gasteiger partial charge in [0, 0.05) is 12.4 Å². The Labute approximate surface area is 114 Å². The number of nitrogen functional groups attached to an aromatic ring is 2. The number of carbonyl (C=O) groups excluding carboxylic acids is 2. The lowest BCUT2D eigenvalue weighted by atomic mass is 10.2. The van der Waals surface area contributed by atoms with E-state index >= 15 is 0 Å². The second kappa shape index (κ2) is 5.76. The Bertz CT molecular complexity index is 658. The fourth-order valence-corrected chi connectivity index (χ4v) is 1.54. The molecule has 0 fully saturated rings. The summed E-state index contributed by atoms with van der Waals surface area (Å²) < 4.78 is 0. The van der Waals surface area contributed by atoms with E-state index in [1.165, 1.54) is 18.5 Å². The highest BCUT2D eigenvalue weighted by molar-refractivity contribution is 6.09. The minimum Gasteiger partial charge on any atom is -0.397 e. The molecule has 0 aliphatic rings. The lowest BCUT2D eigenvalue weighted by molar-refractivity contribution is 0.0949. The van der Waals surface area contributed by atoms with Gasteiger partial charge >= 0.3 is 0 Å². The monoisotopic (exact) mass is 272 g/mol. The molecule has 0 saturated carbocycles. The number of hydrogen-bond acceptors (Lipinski definition) is 6. The van der Waals surface area contributed by atoms with Gasteiger partial charge in [0.05, 0.1) is 11.4 Å².